The van der Waals surface area contributed by atoms with E-state index in [0.717, 1.165) is 5.56 Å². The molecule has 1 heterocycles. The Morgan fingerprint density at radius 1 is 1.58 bits per heavy atom. The maximum Gasteiger partial charge on any atom is 0.168 e. The lowest BCUT2D eigenvalue weighted by Crippen LogP contribution is -2.20. The zero-order valence-corrected chi connectivity index (χ0v) is 6.60. The molecule has 0 aliphatic carbocycles. The highest BCUT2D eigenvalue weighted by Crippen LogP contribution is 2.06. The number of hydrogen-bond donors (Lipinski definition) is 2. The molecular weight excluding hydrogens is 154 g/mol. The molecule has 1 rings (SSSR count). The van der Waals surface area contributed by atoms with E-state index in [-0.39, 0.29) is 6.04 Å². The maximum absolute atomic E-state index is 10.2. The van der Waals surface area contributed by atoms with Crippen molar-refractivity contribution >= 4 is 6.29 Å². The van der Waals surface area contributed by atoms with Gasteiger partial charge in [-0.2, -0.15) is 0 Å². The molecule has 12 heavy (non-hydrogen) atoms. The van der Waals surface area contributed by atoms with Gasteiger partial charge in [-0.3, -0.25) is 9.78 Å². The summed E-state index contributed by atoms with van der Waals surface area (Å²) in [4.78, 5) is 14.1. The van der Waals surface area contributed by atoms with Gasteiger partial charge in [0.1, 0.15) is 5.69 Å². The van der Waals surface area contributed by atoms with Crippen LogP contribution in [0, 0.1) is 0 Å². The van der Waals surface area contributed by atoms with E-state index in [1.165, 1.54) is 0 Å². The molecule has 1 aromatic rings. The molecule has 0 aliphatic heterocycles. The van der Waals surface area contributed by atoms with Crippen molar-refractivity contribution in [2.75, 3.05) is 6.54 Å². The monoisotopic (exact) mass is 165 g/mol. The van der Waals surface area contributed by atoms with Crippen LogP contribution in [0.1, 0.15) is 22.1 Å². The fourth-order valence-corrected chi connectivity index (χ4v) is 0.842. The number of nitrogens with zero attached hydrogens (tertiary/aromatic N) is 1. The summed E-state index contributed by atoms with van der Waals surface area (Å²) in [7, 11) is 0. The fraction of sp³-hybridized carbons (Fsp3) is 0.250. The van der Waals surface area contributed by atoms with E-state index in [9.17, 15) is 4.79 Å². The van der Waals surface area contributed by atoms with Crippen LogP contribution in [0.4, 0.5) is 0 Å². The minimum atomic E-state index is -0.196. The number of carbonyl (C=O) groups excluding carboxylic acids is 1. The van der Waals surface area contributed by atoms with E-state index >= 15 is 0 Å². The van der Waals surface area contributed by atoms with Crippen LogP contribution in [0.15, 0.2) is 18.3 Å². The first-order valence-corrected chi connectivity index (χ1v) is 3.64. The molecule has 0 aliphatic rings. The number of aldehydes is 1. The molecule has 0 amide bonds. The molecule has 0 spiro atoms. The Kier molecular flexibility index (Phi) is 2.90. The molecular formula is C8H11N3O. The minimum Gasteiger partial charge on any atom is -0.329 e. The molecule has 4 N–H and O–H groups in total. The van der Waals surface area contributed by atoms with Crippen molar-refractivity contribution in [3.8, 4) is 0 Å². The van der Waals surface area contributed by atoms with Gasteiger partial charge in [0.15, 0.2) is 6.29 Å². The van der Waals surface area contributed by atoms with E-state index in [1.54, 1.807) is 18.3 Å². The average Bonchev–Trinajstić information content (AvgIpc) is 2.17. The van der Waals surface area contributed by atoms with E-state index in [0.29, 0.717) is 18.5 Å². The molecule has 0 radical (unpaired) electrons. The molecule has 1 aromatic heterocycles. The lowest BCUT2D eigenvalue weighted by molar-refractivity contribution is 0.111. The van der Waals surface area contributed by atoms with Crippen LogP contribution in [-0.2, 0) is 0 Å². The van der Waals surface area contributed by atoms with Gasteiger partial charge >= 0.3 is 0 Å². The summed E-state index contributed by atoms with van der Waals surface area (Å²) in [5.41, 5.74) is 12.2. The van der Waals surface area contributed by atoms with E-state index in [1.807, 2.05) is 0 Å². The van der Waals surface area contributed by atoms with Gasteiger partial charge in [-0.1, -0.05) is 6.07 Å². The summed E-state index contributed by atoms with van der Waals surface area (Å²) < 4.78 is 0. The Morgan fingerprint density at radius 2 is 2.33 bits per heavy atom. The molecule has 4 heteroatoms. The molecule has 1 atom stereocenters. The van der Waals surface area contributed by atoms with Crippen molar-refractivity contribution in [2.45, 2.75) is 6.04 Å². The standard InChI is InChI=1S/C8H11N3O/c9-3-8(10)6-1-2-7(5-12)11-4-6/h1-2,4-5,8H,3,9-10H2. The Labute approximate surface area is 70.6 Å². The van der Waals surface area contributed by atoms with Crippen molar-refractivity contribution in [1.29, 1.82) is 0 Å². The second kappa shape index (κ2) is 3.94. The van der Waals surface area contributed by atoms with Crippen LogP contribution in [0.3, 0.4) is 0 Å². The third-order valence-corrected chi connectivity index (χ3v) is 1.61. The molecule has 1 unspecified atom stereocenters. The summed E-state index contributed by atoms with van der Waals surface area (Å²) in [6.07, 6.45) is 2.26. The number of hydrogen-bond acceptors (Lipinski definition) is 4. The lowest BCUT2D eigenvalue weighted by atomic mass is 10.1. The molecule has 0 aromatic carbocycles. The van der Waals surface area contributed by atoms with Gasteiger partial charge < -0.3 is 11.5 Å². The first-order valence-electron chi connectivity index (χ1n) is 3.64. The Hall–Kier alpha value is -1.26. The zero-order valence-electron chi connectivity index (χ0n) is 6.60. The van der Waals surface area contributed by atoms with Crippen LogP contribution in [0.2, 0.25) is 0 Å². The predicted molar refractivity (Wildman–Crippen MR) is 45.6 cm³/mol. The van der Waals surface area contributed by atoms with Gasteiger partial charge in [-0.15, -0.1) is 0 Å². The number of rotatable bonds is 3. The van der Waals surface area contributed by atoms with Gasteiger partial charge in [0, 0.05) is 18.8 Å². The van der Waals surface area contributed by atoms with Crippen molar-refractivity contribution in [3.63, 3.8) is 0 Å². The van der Waals surface area contributed by atoms with Gasteiger partial charge in [-0.05, 0) is 11.6 Å². The molecule has 0 saturated carbocycles. The van der Waals surface area contributed by atoms with Crippen LogP contribution >= 0.6 is 0 Å². The summed E-state index contributed by atoms with van der Waals surface area (Å²) in [6, 6.07) is 3.18. The van der Waals surface area contributed by atoms with Crippen molar-refractivity contribution in [1.82, 2.24) is 4.98 Å². The Morgan fingerprint density at radius 3 is 2.75 bits per heavy atom. The van der Waals surface area contributed by atoms with E-state index < -0.39 is 0 Å². The topological polar surface area (TPSA) is 82.0 Å². The van der Waals surface area contributed by atoms with Gasteiger partial charge in [0.2, 0.25) is 0 Å². The van der Waals surface area contributed by atoms with E-state index in [4.69, 9.17) is 11.5 Å². The fourth-order valence-electron chi connectivity index (χ4n) is 0.842. The Bertz CT molecular complexity index is 258. The lowest BCUT2D eigenvalue weighted by Gasteiger charge is -2.07. The highest BCUT2D eigenvalue weighted by atomic mass is 16.1. The first kappa shape index (κ1) is 8.83. The summed E-state index contributed by atoms with van der Waals surface area (Å²) in [6.45, 7) is 0.377. The van der Waals surface area contributed by atoms with Crippen LogP contribution in [0.5, 0.6) is 0 Å². The summed E-state index contributed by atoms with van der Waals surface area (Å²) in [5.74, 6) is 0. The van der Waals surface area contributed by atoms with Crippen LogP contribution in [-0.4, -0.2) is 17.8 Å². The summed E-state index contributed by atoms with van der Waals surface area (Å²) in [5, 5.41) is 0. The zero-order chi connectivity index (χ0) is 8.97. The second-order valence-corrected chi connectivity index (χ2v) is 2.48. The maximum atomic E-state index is 10.2. The average molecular weight is 165 g/mol. The first-order chi connectivity index (χ1) is 5.77. The number of pyridine rings is 1. The smallest absolute Gasteiger partial charge is 0.168 e. The van der Waals surface area contributed by atoms with Gasteiger partial charge in [-0.25, -0.2) is 0 Å². The molecule has 0 saturated heterocycles. The number of aromatic nitrogens is 1. The predicted octanol–water partition coefficient (Wildman–Crippen LogP) is -0.147. The minimum absolute atomic E-state index is 0.196. The van der Waals surface area contributed by atoms with Gasteiger partial charge in [0.05, 0.1) is 0 Å². The normalized spacial score (nSPS) is 12.5. The third kappa shape index (κ3) is 1.87. The third-order valence-electron chi connectivity index (χ3n) is 1.61. The van der Waals surface area contributed by atoms with Crippen molar-refractivity contribution in [3.05, 3.63) is 29.6 Å². The quantitative estimate of drug-likeness (QED) is 0.610. The highest BCUT2D eigenvalue weighted by Gasteiger charge is 2.02. The molecule has 64 valence electrons. The number of carbonyl (C=O) groups is 1. The highest BCUT2D eigenvalue weighted by molar-refractivity contribution is 5.71. The van der Waals surface area contributed by atoms with Crippen molar-refractivity contribution in [2.24, 2.45) is 11.5 Å². The largest absolute Gasteiger partial charge is 0.329 e. The Balaban J connectivity index is 2.84. The summed E-state index contributed by atoms with van der Waals surface area (Å²) >= 11 is 0. The van der Waals surface area contributed by atoms with Crippen LogP contribution < -0.4 is 11.5 Å². The number of nitrogens with two attached hydrogens (primary N) is 2. The molecule has 0 bridgehead atoms. The molecule has 4 nitrogen and oxygen atoms in total. The van der Waals surface area contributed by atoms with E-state index in [2.05, 4.69) is 4.98 Å². The van der Waals surface area contributed by atoms with Gasteiger partial charge in [0.25, 0.3) is 0 Å². The second-order valence-electron chi connectivity index (χ2n) is 2.48. The molecule has 0 fully saturated rings. The van der Waals surface area contributed by atoms with Crippen LogP contribution in [0.25, 0.3) is 0 Å². The SMILES string of the molecule is NCC(N)c1ccc(C=O)nc1. The van der Waals surface area contributed by atoms with Crippen molar-refractivity contribution < 1.29 is 4.79 Å².